The Labute approximate surface area is 111 Å². The minimum absolute atomic E-state index is 0.190. The van der Waals surface area contributed by atoms with Gasteiger partial charge in [-0.05, 0) is 43.2 Å². The van der Waals surface area contributed by atoms with E-state index in [0.717, 1.165) is 17.7 Å². The fourth-order valence-corrected chi connectivity index (χ4v) is 1.87. The van der Waals surface area contributed by atoms with Gasteiger partial charge in [0.1, 0.15) is 5.76 Å². The van der Waals surface area contributed by atoms with Gasteiger partial charge in [-0.2, -0.15) is 0 Å². The van der Waals surface area contributed by atoms with Crippen LogP contribution in [0.15, 0.2) is 40.8 Å². The second-order valence-corrected chi connectivity index (χ2v) is 4.48. The normalized spacial score (nSPS) is 10.3. The highest BCUT2D eigenvalue weighted by molar-refractivity contribution is 6.30. The molecule has 1 aromatic heterocycles. The topological polar surface area (TPSA) is 42.2 Å². The van der Waals surface area contributed by atoms with Gasteiger partial charge < -0.3 is 9.73 Å². The molecular weight excluding hydrogens is 250 g/mol. The summed E-state index contributed by atoms with van der Waals surface area (Å²) in [6, 6.07) is 11.0. The molecule has 0 saturated heterocycles. The molecule has 4 heteroatoms. The van der Waals surface area contributed by atoms with Gasteiger partial charge in [0.15, 0.2) is 5.76 Å². The molecule has 18 heavy (non-hydrogen) atoms. The molecule has 1 amide bonds. The van der Waals surface area contributed by atoms with Gasteiger partial charge in [0.25, 0.3) is 5.91 Å². The molecule has 0 radical (unpaired) electrons. The first-order chi connectivity index (χ1) is 8.65. The van der Waals surface area contributed by atoms with E-state index >= 15 is 0 Å². The Kier molecular flexibility index (Phi) is 4.05. The smallest absolute Gasteiger partial charge is 0.287 e. The predicted molar refractivity (Wildman–Crippen MR) is 70.9 cm³/mol. The maximum atomic E-state index is 11.7. The van der Waals surface area contributed by atoms with E-state index in [1.807, 2.05) is 31.2 Å². The number of hydrogen-bond acceptors (Lipinski definition) is 2. The van der Waals surface area contributed by atoms with Gasteiger partial charge in [-0.15, -0.1) is 0 Å². The van der Waals surface area contributed by atoms with Gasteiger partial charge in [-0.3, -0.25) is 4.79 Å². The molecule has 94 valence electrons. The number of carbonyl (C=O) groups excluding carboxylic acids is 1. The van der Waals surface area contributed by atoms with E-state index in [1.165, 1.54) is 0 Å². The minimum atomic E-state index is -0.190. The molecule has 0 aliphatic carbocycles. The molecule has 0 aliphatic rings. The van der Waals surface area contributed by atoms with Gasteiger partial charge >= 0.3 is 0 Å². The van der Waals surface area contributed by atoms with Gasteiger partial charge in [-0.1, -0.05) is 23.7 Å². The third kappa shape index (κ3) is 3.37. The van der Waals surface area contributed by atoms with E-state index < -0.39 is 0 Å². The summed E-state index contributed by atoms with van der Waals surface area (Å²) in [5.41, 5.74) is 1.10. The zero-order chi connectivity index (χ0) is 13.0. The molecule has 0 spiro atoms. The number of benzene rings is 1. The first-order valence-electron chi connectivity index (χ1n) is 5.74. The van der Waals surface area contributed by atoms with Crippen LogP contribution in [0.2, 0.25) is 5.02 Å². The van der Waals surface area contributed by atoms with Crippen molar-refractivity contribution in [2.45, 2.75) is 13.3 Å². The van der Waals surface area contributed by atoms with Crippen molar-refractivity contribution in [2.24, 2.45) is 0 Å². The second kappa shape index (κ2) is 5.74. The lowest BCUT2D eigenvalue weighted by Crippen LogP contribution is -2.25. The Morgan fingerprint density at radius 2 is 2.17 bits per heavy atom. The Morgan fingerprint density at radius 3 is 2.83 bits per heavy atom. The number of hydrogen-bond donors (Lipinski definition) is 1. The van der Waals surface area contributed by atoms with Crippen LogP contribution in [0, 0.1) is 6.92 Å². The lowest BCUT2D eigenvalue weighted by atomic mass is 10.1. The quantitative estimate of drug-likeness (QED) is 0.920. The van der Waals surface area contributed by atoms with E-state index in [1.54, 1.807) is 12.1 Å². The Balaban J connectivity index is 1.84. The molecule has 1 aromatic carbocycles. The number of furan rings is 1. The Hall–Kier alpha value is -1.74. The van der Waals surface area contributed by atoms with E-state index in [9.17, 15) is 4.79 Å². The van der Waals surface area contributed by atoms with Gasteiger partial charge in [0.05, 0.1) is 0 Å². The number of amides is 1. The first kappa shape index (κ1) is 12.7. The van der Waals surface area contributed by atoms with Crippen LogP contribution in [-0.2, 0) is 6.42 Å². The number of halogens is 1. The summed E-state index contributed by atoms with van der Waals surface area (Å²) < 4.78 is 5.23. The number of nitrogens with one attached hydrogen (secondary N) is 1. The van der Waals surface area contributed by atoms with Crippen LogP contribution in [0.4, 0.5) is 0 Å². The van der Waals surface area contributed by atoms with Crippen molar-refractivity contribution < 1.29 is 9.21 Å². The number of carbonyl (C=O) groups is 1. The van der Waals surface area contributed by atoms with E-state index in [0.29, 0.717) is 17.3 Å². The Morgan fingerprint density at radius 1 is 1.33 bits per heavy atom. The molecule has 0 aliphatic heterocycles. The van der Waals surface area contributed by atoms with Crippen molar-refractivity contribution in [3.63, 3.8) is 0 Å². The summed E-state index contributed by atoms with van der Waals surface area (Å²) in [6.45, 7) is 2.36. The average Bonchev–Trinajstić information content (AvgIpc) is 2.76. The van der Waals surface area contributed by atoms with Crippen molar-refractivity contribution in [3.05, 3.63) is 58.5 Å². The molecule has 2 rings (SSSR count). The van der Waals surface area contributed by atoms with Crippen LogP contribution >= 0.6 is 11.6 Å². The fourth-order valence-electron chi connectivity index (χ4n) is 1.66. The third-order valence-corrected chi connectivity index (χ3v) is 2.79. The standard InChI is InChI=1S/C14H14ClNO2/c1-10-5-6-13(18-10)14(17)16-8-7-11-3-2-4-12(15)9-11/h2-6,9H,7-8H2,1H3,(H,16,17). The van der Waals surface area contributed by atoms with Crippen molar-refractivity contribution in [1.29, 1.82) is 0 Å². The van der Waals surface area contributed by atoms with Gasteiger partial charge in [-0.25, -0.2) is 0 Å². The first-order valence-corrected chi connectivity index (χ1v) is 6.12. The molecule has 1 heterocycles. The van der Waals surface area contributed by atoms with Gasteiger partial charge in [0.2, 0.25) is 0 Å². The molecule has 2 aromatic rings. The van der Waals surface area contributed by atoms with Gasteiger partial charge in [0, 0.05) is 11.6 Å². The molecule has 0 atom stereocenters. The average molecular weight is 264 g/mol. The predicted octanol–water partition coefficient (Wildman–Crippen LogP) is 3.21. The zero-order valence-corrected chi connectivity index (χ0v) is 10.8. The van der Waals surface area contributed by atoms with Crippen molar-refractivity contribution >= 4 is 17.5 Å². The molecule has 0 fully saturated rings. The molecule has 1 N–H and O–H groups in total. The largest absolute Gasteiger partial charge is 0.456 e. The number of aryl methyl sites for hydroxylation is 1. The van der Waals surface area contributed by atoms with Crippen LogP contribution in [0.5, 0.6) is 0 Å². The van der Waals surface area contributed by atoms with Crippen molar-refractivity contribution in [3.8, 4) is 0 Å². The number of rotatable bonds is 4. The highest BCUT2D eigenvalue weighted by Gasteiger charge is 2.08. The molecule has 0 saturated carbocycles. The van der Waals surface area contributed by atoms with Crippen LogP contribution in [0.25, 0.3) is 0 Å². The van der Waals surface area contributed by atoms with Crippen molar-refractivity contribution in [2.75, 3.05) is 6.54 Å². The summed E-state index contributed by atoms with van der Waals surface area (Å²) in [7, 11) is 0. The molecule has 0 unspecified atom stereocenters. The summed E-state index contributed by atoms with van der Waals surface area (Å²) in [4.78, 5) is 11.7. The summed E-state index contributed by atoms with van der Waals surface area (Å²) >= 11 is 5.88. The van der Waals surface area contributed by atoms with Crippen molar-refractivity contribution in [1.82, 2.24) is 5.32 Å². The Bertz CT molecular complexity index is 548. The lowest BCUT2D eigenvalue weighted by molar-refractivity contribution is 0.0925. The van der Waals surface area contributed by atoms with Crippen LogP contribution in [-0.4, -0.2) is 12.5 Å². The van der Waals surface area contributed by atoms with Crippen LogP contribution in [0.1, 0.15) is 21.9 Å². The molecular formula is C14H14ClNO2. The summed E-state index contributed by atoms with van der Waals surface area (Å²) in [6.07, 6.45) is 0.742. The maximum Gasteiger partial charge on any atom is 0.287 e. The van der Waals surface area contributed by atoms with E-state index in [-0.39, 0.29) is 5.91 Å². The fraction of sp³-hybridized carbons (Fsp3) is 0.214. The molecule has 3 nitrogen and oxygen atoms in total. The summed E-state index contributed by atoms with van der Waals surface area (Å²) in [5, 5.41) is 3.51. The lowest BCUT2D eigenvalue weighted by Gasteiger charge is -2.04. The molecule has 0 bridgehead atoms. The van der Waals surface area contributed by atoms with Crippen LogP contribution < -0.4 is 5.32 Å². The highest BCUT2D eigenvalue weighted by atomic mass is 35.5. The monoisotopic (exact) mass is 263 g/mol. The van der Waals surface area contributed by atoms with E-state index in [4.69, 9.17) is 16.0 Å². The SMILES string of the molecule is Cc1ccc(C(=O)NCCc2cccc(Cl)c2)o1. The minimum Gasteiger partial charge on any atom is -0.456 e. The van der Waals surface area contributed by atoms with E-state index in [2.05, 4.69) is 5.32 Å². The van der Waals surface area contributed by atoms with Crippen LogP contribution in [0.3, 0.4) is 0 Å². The summed E-state index contributed by atoms with van der Waals surface area (Å²) in [5.74, 6) is 0.888. The zero-order valence-electron chi connectivity index (χ0n) is 10.1. The third-order valence-electron chi connectivity index (χ3n) is 2.55. The maximum absolute atomic E-state index is 11.7. The second-order valence-electron chi connectivity index (χ2n) is 4.05. The highest BCUT2D eigenvalue weighted by Crippen LogP contribution is 2.11.